The molecule has 1 aromatic rings. The SMILES string of the molecule is C=Cc1[nH]nc(C(=O)C([CH2-])O)c1/C=C\C.CC.[Y]. The van der Waals surface area contributed by atoms with Crippen molar-refractivity contribution < 1.29 is 42.6 Å². The second-order valence-corrected chi connectivity index (χ2v) is 2.98. The third-order valence-electron chi connectivity index (χ3n) is 1.91. The summed E-state index contributed by atoms with van der Waals surface area (Å²) in [5, 5.41) is 15.6. The van der Waals surface area contributed by atoms with Gasteiger partial charge in [-0.25, -0.2) is 0 Å². The molecule has 0 saturated heterocycles. The minimum atomic E-state index is -1.30. The Hall–Kier alpha value is -0.576. The van der Waals surface area contributed by atoms with E-state index in [9.17, 15) is 4.79 Å². The summed E-state index contributed by atoms with van der Waals surface area (Å²) in [7, 11) is 0. The van der Waals surface area contributed by atoms with Crippen LogP contribution in [-0.2, 0) is 32.7 Å². The summed E-state index contributed by atoms with van der Waals surface area (Å²) in [5.41, 5.74) is 1.46. The first-order chi connectivity index (χ1) is 8.11. The van der Waals surface area contributed by atoms with Gasteiger partial charge in [0.1, 0.15) is 5.69 Å². The minimum absolute atomic E-state index is 0. The van der Waals surface area contributed by atoms with Gasteiger partial charge < -0.3 is 12.0 Å². The number of nitrogens with zero attached hydrogens (tertiary/aromatic N) is 1. The van der Waals surface area contributed by atoms with Crippen molar-refractivity contribution in [2.24, 2.45) is 0 Å². The van der Waals surface area contributed by atoms with Crippen LogP contribution in [0.25, 0.3) is 12.2 Å². The Balaban J connectivity index is 0. The third kappa shape index (κ3) is 4.96. The van der Waals surface area contributed by atoms with Crippen LogP contribution in [0.3, 0.4) is 0 Å². The molecule has 0 saturated carbocycles. The molecule has 1 heterocycles. The fourth-order valence-corrected chi connectivity index (χ4v) is 1.20. The van der Waals surface area contributed by atoms with Crippen LogP contribution in [0.15, 0.2) is 12.7 Å². The van der Waals surface area contributed by atoms with Gasteiger partial charge in [-0.05, 0) is 19.1 Å². The molecule has 1 radical (unpaired) electrons. The first-order valence-electron chi connectivity index (χ1n) is 5.50. The van der Waals surface area contributed by atoms with E-state index in [1.54, 1.807) is 18.2 Å². The normalized spacial score (nSPS) is 11.2. The average molecular weight is 324 g/mol. The van der Waals surface area contributed by atoms with Gasteiger partial charge in [0.2, 0.25) is 0 Å². The maximum atomic E-state index is 11.5. The van der Waals surface area contributed by atoms with Gasteiger partial charge >= 0.3 is 0 Å². The summed E-state index contributed by atoms with van der Waals surface area (Å²) in [5.74, 6) is -0.507. The van der Waals surface area contributed by atoms with E-state index in [1.807, 2.05) is 20.8 Å². The number of ketones is 1. The number of rotatable bonds is 4. The van der Waals surface area contributed by atoms with E-state index in [1.165, 1.54) is 0 Å². The van der Waals surface area contributed by atoms with Crippen molar-refractivity contribution in [3.05, 3.63) is 36.5 Å². The predicted octanol–water partition coefficient (Wildman–Crippen LogP) is 2.49. The second kappa shape index (κ2) is 10.4. The zero-order valence-corrected chi connectivity index (χ0v) is 13.9. The molecule has 0 aromatic carbocycles. The topological polar surface area (TPSA) is 66.0 Å². The number of aromatic amines is 1. The van der Waals surface area contributed by atoms with Crippen molar-refractivity contribution in [2.75, 3.05) is 0 Å². The average Bonchev–Trinajstić information content (AvgIpc) is 2.74. The van der Waals surface area contributed by atoms with Gasteiger partial charge in [-0.15, -0.1) is 0 Å². The van der Waals surface area contributed by atoms with E-state index in [2.05, 4.69) is 23.7 Å². The molecule has 0 spiro atoms. The maximum Gasteiger partial charge on any atom is 0.181 e. The Morgan fingerprint density at radius 2 is 2.11 bits per heavy atom. The molecule has 0 aliphatic heterocycles. The second-order valence-electron chi connectivity index (χ2n) is 2.98. The minimum Gasteiger partial charge on any atom is -0.417 e. The Morgan fingerprint density at radius 3 is 2.50 bits per heavy atom. The molecular weight excluding hydrogens is 305 g/mol. The zero-order chi connectivity index (χ0) is 13.4. The van der Waals surface area contributed by atoms with Gasteiger partial charge in [-0.1, -0.05) is 32.6 Å². The molecule has 0 aliphatic carbocycles. The van der Waals surface area contributed by atoms with Crippen LogP contribution in [0.1, 0.15) is 42.5 Å². The number of aliphatic hydroxyl groups is 1. The largest absolute Gasteiger partial charge is 0.417 e. The number of hydrogen-bond donors (Lipinski definition) is 2. The van der Waals surface area contributed by atoms with Crippen LogP contribution in [0.5, 0.6) is 0 Å². The van der Waals surface area contributed by atoms with Crippen molar-refractivity contribution in [1.29, 1.82) is 0 Å². The molecule has 0 bridgehead atoms. The molecule has 1 aromatic heterocycles. The monoisotopic (exact) mass is 324 g/mol. The number of allylic oxidation sites excluding steroid dienone is 1. The van der Waals surface area contributed by atoms with Crippen LogP contribution >= 0.6 is 0 Å². The Bertz CT molecular complexity index is 409. The van der Waals surface area contributed by atoms with Gasteiger partial charge in [0.05, 0.1) is 5.69 Å². The smallest absolute Gasteiger partial charge is 0.181 e. The van der Waals surface area contributed by atoms with Gasteiger partial charge in [0.25, 0.3) is 0 Å². The molecular formula is C13H19N2O2Y-. The molecule has 2 N–H and O–H groups in total. The molecule has 97 valence electrons. The number of nitrogens with one attached hydrogen (secondary N) is 1. The molecule has 4 nitrogen and oxygen atoms in total. The van der Waals surface area contributed by atoms with E-state index in [4.69, 9.17) is 5.11 Å². The van der Waals surface area contributed by atoms with Crippen LogP contribution < -0.4 is 0 Å². The van der Waals surface area contributed by atoms with Gasteiger partial charge in [-0.3, -0.25) is 9.89 Å². The molecule has 1 atom stereocenters. The Morgan fingerprint density at radius 1 is 1.56 bits per heavy atom. The third-order valence-corrected chi connectivity index (χ3v) is 1.91. The van der Waals surface area contributed by atoms with E-state index in [0.717, 1.165) is 0 Å². The summed E-state index contributed by atoms with van der Waals surface area (Å²) in [6.45, 7) is 12.7. The quantitative estimate of drug-likeness (QED) is 0.660. The van der Waals surface area contributed by atoms with Crippen molar-refractivity contribution in [1.82, 2.24) is 10.2 Å². The number of Topliss-reactive ketones (excluding diaryl/α,β-unsaturated/α-hetero) is 1. The maximum absolute atomic E-state index is 11.5. The fourth-order valence-electron chi connectivity index (χ4n) is 1.20. The summed E-state index contributed by atoms with van der Waals surface area (Å²) in [6, 6.07) is 0. The first-order valence-corrected chi connectivity index (χ1v) is 5.50. The number of carbonyl (C=O) groups is 1. The Kier molecular flexibility index (Phi) is 11.4. The van der Waals surface area contributed by atoms with Crippen LogP contribution in [-0.4, -0.2) is 27.2 Å². The van der Waals surface area contributed by atoms with Gasteiger partial charge in [0.15, 0.2) is 5.78 Å². The van der Waals surface area contributed by atoms with Gasteiger partial charge in [0, 0.05) is 38.3 Å². The van der Waals surface area contributed by atoms with E-state index in [-0.39, 0.29) is 38.4 Å². The number of H-pyrrole nitrogens is 1. The van der Waals surface area contributed by atoms with Crippen molar-refractivity contribution in [3.63, 3.8) is 0 Å². The summed E-state index contributed by atoms with van der Waals surface area (Å²) in [4.78, 5) is 11.5. The first kappa shape index (κ1) is 19.8. The Labute approximate surface area is 133 Å². The molecule has 1 unspecified atom stereocenters. The number of aromatic nitrogens is 2. The molecule has 1 rings (SSSR count). The standard InChI is InChI=1S/C11H13N2O2.C2H6.Y/c1-4-6-8-9(5-2)12-13-10(8)11(15)7(3)14;1-2;/h4-7,14H,2-3H2,1H3,(H,12,13);1-2H3;/q-1;;/b6-4-;;. The summed E-state index contributed by atoms with van der Waals surface area (Å²) < 4.78 is 0. The summed E-state index contributed by atoms with van der Waals surface area (Å²) in [6.07, 6.45) is 3.78. The molecule has 0 fully saturated rings. The van der Waals surface area contributed by atoms with E-state index >= 15 is 0 Å². The van der Waals surface area contributed by atoms with Gasteiger partial charge in [-0.2, -0.15) is 5.10 Å². The summed E-state index contributed by atoms with van der Waals surface area (Å²) >= 11 is 0. The molecule has 18 heavy (non-hydrogen) atoms. The number of carbonyl (C=O) groups excluding carboxylic acids is 1. The van der Waals surface area contributed by atoms with Crippen molar-refractivity contribution >= 4 is 17.9 Å². The fraction of sp³-hybridized carbons (Fsp3) is 0.308. The van der Waals surface area contributed by atoms with Crippen molar-refractivity contribution in [3.8, 4) is 0 Å². The number of aliphatic hydroxyl groups excluding tert-OH is 1. The van der Waals surface area contributed by atoms with Crippen LogP contribution in [0.2, 0.25) is 0 Å². The molecule has 5 heteroatoms. The number of hydrogen-bond acceptors (Lipinski definition) is 3. The van der Waals surface area contributed by atoms with Crippen LogP contribution in [0.4, 0.5) is 0 Å². The molecule has 0 aliphatic rings. The predicted molar refractivity (Wildman–Crippen MR) is 70.4 cm³/mol. The van der Waals surface area contributed by atoms with E-state index in [0.29, 0.717) is 11.3 Å². The molecule has 0 amide bonds. The van der Waals surface area contributed by atoms with Crippen molar-refractivity contribution in [2.45, 2.75) is 26.9 Å². The van der Waals surface area contributed by atoms with E-state index < -0.39 is 11.9 Å². The zero-order valence-electron chi connectivity index (χ0n) is 11.1. The van der Waals surface area contributed by atoms with Crippen LogP contribution in [0, 0.1) is 6.92 Å².